The SMILES string of the molecule is OC1CBCCC1. The van der Waals surface area contributed by atoms with Gasteiger partial charge in [0.1, 0.15) is 7.28 Å². The van der Waals surface area contributed by atoms with Crippen LogP contribution < -0.4 is 0 Å². The molecule has 1 N–H and O–H groups in total. The molecule has 0 aromatic carbocycles. The zero-order valence-corrected chi connectivity index (χ0v) is 4.56. The number of hydrogen-bond donors (Lipinski definition) is 1. The lowest BCUT2D eigenvalue weighted by molar-refractivity contribution is 0.178. The lowest BCUT2D eigenvalue weighted by Crippen LogP contribution is -2.14. The van der Waals surface area contributed by atoms with Crippen molar-refractivity contribution < 1.29 is 5.11 Å². The Labute approximate surface area is 45.0 Å². The molecule has 0 aromatic rings. The highest BCUT2D eigenvalue weighted by molar-refractivity contribution is 6.35. The van der Waals surface area contributed by atoms with Crippen LogP contribution in [0.25, 0.3) is 0 Å². The summed E-state index contributed by atoms with van der Waals surface area (Å²) in [6, 6.07) is 0. The third-order valence-electron chi connectivity index (χ3n) is 1.57. The molecular weight excluding hydrogens is 86.9 g/mol. The van der Waals surface area contributed by atoms with Crippen LogP contribution in [-0.2, 0) is 0 Å². The van der Waals surface area contributed by atoms with Crippen molar-refractivity contribution in [1.29, 1.82) is 0 Å². The van der Waals surface area contributed by atoms with E-state index in [2.05, 4.69) is 0 Å². The first-order valence-electron chi connectivity index (χ1n) is 3.07. The molecule has 40 valence electrons. The summed E-state index contributed by atoms with van der Waals surface area (Å²) in [6.07, 6.45) is 4.69. The highest BCUT2D eigenvalue weighted by atomic mass is 16.3. The molecule has 1 atom stereocenters. The Morgan fingerprint density at radius 3 is 2.71 bits per heavy atom. The molecule has 1 nitrogen and oxygen atoms in total. The second kappa shape index (κ2) is 2.36. The van der Waals surface area contributed by atoms with Gasteiger partial charge in [-0.05, 0) is 6.42 Å². The standard InChI is InChI=1S/C5H11BO/c7-5-2-1-3-6-4-5/h5-7H,1-4H2. The summed E-state index contributed by atoms with van der Waals surface area (Å²) in [5.74, 6) is 0. The Hall–Kier alpha value is 0.0249. The van der Waals surface area contributed by atoms with Crippen molar-refractivity contribution in [2.75, 3.05) is 0 Å². The van der Waals surface area contributed by atoms with Crippen molar-refractivity contribution in [3.63, 3.8) is 0 Å². The van der Waals surface area contributed by atoms with E-state index in [0.29, 0.717) is 0 Å². The van der Waals surface area contributed by atoms with Gasteiger partial charge in [0.15, 0.2) is 0 Å². The average Bonchev–Trinajstić information content (AvgIpc) is 1.69. The highest BCUT2D eigenvalue weighted by Crippen LogP contribution is 2.11. The summed E-state index contributed by atoms with van der Waals surface area (Å²) in [7, 11) is 1.24. The van der Waals surface area contributed by atoms with Gasteiger partial charge in [-0.1, -0.05) is 19.1 Å². The van der Waals surface area contributed by atoms with Crippen molar-refractivity contribution >= 4 is 7.28 Å². The molecule has 0 radical (unpaired) electrons. The minimum Gasteiger partial charge on any atom is -0.394 e. The van der Waals surface area contributed by atoms with Crippen molar-refractivity contribution in [3.05, 3.63) is 0 Å². The van der Waals surface area contributed by atoms with E-state index in [9.17, 15) is 0 Å². The fourth-order valence-electron chi connectivity index (χ4n) is 1.08. The second-order valence-corrected chi connectivity index (χ2v) is 2.29. The predicted octanol–water partition coefficient (Wildman–Crippen LogP) is 0.414. The second-order valence-electron chi connectivity index (χ2n) is 2.29. The van der Waals surface area contributed by atoms with Gasteiger partial charge in [0.25, 0.3) is 0 Å². The smallest absolute Gasteiger partial charge is 0.123 e. The van der Waals surface area contributed by atoms with E-state index in [0.717, 1.165) is 12.7 Å². The summed E-state index contributed by atoms with van der Waals surface area (Å²) in [5.41, 5.74) is 0. The Balaban J connectivity index is 2.12. The van der Waals surface area contributed by atoms with Crippen LogP contribution in [0.3, 0.4) is 0 Å². The predicted molar refractivity (Wildman–Crippen MR) is 32.0 cm³/mol. The Morgan fingerprint density at radius 1 is 1.57 bits per heavy atom. The summed E-state index contributed by atoms with van der Waals surface area (Å²) in [5, 5.41) is 8.91. The molecule has 1 aliphatic rings. The minimum absolute atomic E-state index is 0.0359. The van der Waals surface area contributed by atoms with Gasteiger partial charge in [0.2, 0.25) is 0 Å². The van der Waals surface area contributed by atoms with Crippen LogP contribution in [0, 0.1) is 0 Å². The van der Waals surface area contributed by atoms with Crippen molar-refractivity contribution in [1.82, 2.24) is 0 Å². The van der Waals surface area contributed by atoms with Crippen molar-refractivity contribution in [2.45, 2.75) is 31.6 Å². The quantitative estimate of drug-likeness (QED) is 0.435. The molecule has 1 unspecified atom stereocenters. The van der Waals surface area contributed by atoms with Crippen molar-refractivity contribution in [2.24, 2.45) is 0 Å². The Bertz CT molecular complexity index is 50.0. The molecule has 1 saturated heterocycles. The van der Waals surface area contributed by atoms with Gasteiger partial charge in [0, 0.05) is 6.10 Å². The van der Waals surface area contributed by atoms with Crippen LogP contribution in [0.15, 0.2) is 0 Å². The molecule has 0 bridgehead atoms. The van der Waals surface area contributed by atoms with Crippen LogP contribution in [0.5, 0.6) is 0 Å². The number of rotatable bonds is 0. The zero-order valence-electron chi connectivity index (χ0n) is 4.56. The van der Waals surface area contributed by atoms with E-state index in [1.165, 1.54) is 20.0 Å². The lowest BCUT2D eigenvalue weighted by Gasteiger charge is -2.13. The highest BCUT2D eigenvalue weighted by Gasteiger charge is 2.09. The first-order valence-corrected chi connectivity index (χ1v) is 3.07. The fraction of sp³-hybridized carbons (Fsp3) is 1.00. The molecule has 1 fully saturated rings. The monoisotopic (exact) mass is 98.1 g/mol. The third kappa shape index (κ3) is 1.52. The average molecular weight is 98.0 g/mol. The summed E-state index contributed by atoms with van der Waals surface area (Å²) >= 11 is 0. The van der Waals surface area contributed by atoms with Gasteiger partial charge >= 0.3 is 0 Å². The van der Waals surface area contributed by atoms with E-state index >= 15 is 0 Å². The fourth-order valence-corrected chi connectivity index (χ4v) is 1.08. The molecule has 1 rings (SSSR count). The normalized spacial score (nSPS) is 31.9. The van der Waals surface area contributed by atoms with Gasteiger partial charge in [-0.25, -0.2) is 0 Å². The van der Waals surface area contributed by atoms with Crippen LogP contribution >= 0.6 is 0 Å². The third-order valence-corrected chi connectivity index (χ3v) is 1.57. The van der Waals surface area contributed by atoms with Gasteiger partial charge in [-0.3, -0.25) is 0 Å². The first-order chi connectivity index (χ1) is 3.39. The van der Waals surface area contributed by atoms with Crippen LogP contribution in [0.4, 0.5) is 0 Å². The molecule has 0 saturated carbocycles. The number of aliphatic hydroxyl groups is 1. The van der Waals surface area contributed by atoms with E-state index in [1.807, 2.05) is 0 Å². The molecule has 1 aliphatic heterocycles. The van der Waals surface area contributed by atoms with Gasteiger partial charge < -0.3 is 5.11 Å². The molecule has 2 heteroatoms. The Morgan fingerprint density at radius 2 is 2.43 bits per heavy atom. The van der Waals surface area contributed by atoms with Gasteiger partial charge in [-0.15, -0.1) is 0 Å². The summed E-state index contributed by atoms with van der Waals surface area (Å²) < 4.78 is 0. The van der Waals surface area contributed by atoms with Crippen molar-refractivity contribution in [3.8, 4) is 0 Å². The maximum atomic E-state index is 8.91. The maximum Gasteiger partial charge on any atom is 0.123 e. The molecular formula is C5H11BO. The number of aliphatic hydroxyl groups excluding tert-OH is 1. The Kier molecular flexibility index (Phi) is 1.74. The largest absolute Gasteiger partial charge is 0.394 e. The van der Waals surface area contributed by atoms with Gasteiger partial charge in [-0.2, -0.15) is 0 Å². The topological polar surface area (TPSA) is 20.2 Å². The first kappa shape index (κ1) is 5.17. The van der Waals surface area contributed by atoms with Crippen LogP contribution in [0.2, 0.25) is 12.6 Å². The summed E-state index contributed by atoms with van der Waals surface area (Å²) in [4.78, 5) is 0. The molecule has 0 aromatic heterocycles. The molecule has 7 heavy (non-hydrogen) atoms. The van der Waals surface area contributed by atoms with Gasteiger partial charge in [0.05, 0.1) is 0 Å². The molecule has 1 heterocycles. The maximum absolute atomic E-state index is 8.91. The van der Waals surface area contributed by atoms with E-state index < -0.39 is 0 Å². The summed E-state index contributed by atoms with van der Waals surface area (Å²) in [6.45, 7) is 0. The molecule has 0 spiro atoms. The molecule has 0 amide bonds. The van der Waals surface area contributed by atoms with E-state index in [-0.39, 0.29) is 6.10 Å². The molecule has 0 aliphatic carbocycles. The van der Waals surface area contributed by atoms with E-state index in [1.54, 1.807) is 0 Å². The van der Waals surface area contributed by atoms with Crippen LogP contribution in [-0.4, -0.2) is 18.5 Å². The van der Waals surface area contributed by atoms with E-state index in [4.69, 9.17) is 5.11 Å². The van der Waals surface area contributed by atoms with Crippen LogP contribution in [0.1, 0.15) is 12.8 Å². The minimum atomic E-state index is 0.0359. The lowest BCUT2D eigenvalue weighted by atomic mass is 9.63. The number of hydrogen-bond acceptors (Lipinski definition) is 1. The zero-order chi connectivity index (χ0) is 5.11.